The second kappa shape index (κ2) is 4.99. The summed E-state index contributed by atoms with van der Waals surface area (Å²) < 4.78 is 6.84. The number of rotatable bonds is 4. The van der Waals surface area contributed by atoms with Crippen LogP contribution in [-0.4, -0.2) is 6.61 Å². The molecule has 0 bridgehead atoms. The Morgan fingerprint density at radius 3 is 2.80 bits per heavy atom. The smallest absolute Gasteiger partial charge is 0.123 e. The number of benzene rings is 1. The molecule has 1 saturated carbocycles. The maximum atomic E-state index is 5.79. The maximum absolute atomic E-state index is 5.79. The van der Waals surface area contributed by atoms with E-state index in [-0.39, 0.29) is 0 Å². The van der Waals surface area contributed by atoms with Crippen molar-refractivity contribution in [1.29, 1.82) is 0 Å². The Hall–Kier alpha value is -0.540. The largest absolute Gasteiger partial charge is 0.493 e. The summed E-state index contributed by atoms with van der Waals surface area (Å²) in [7, 11) is 0. The molecule has 0 unspecified atom stereocenters. The molecule has 1 aliphatic carbocycles. The van der Waals surface area contributed by atoms with Crippen molar-refractivity contribution in [3.8, 4) is 5.75 Å². The van der Waals surface area contributed by atoms with E-state index in [4.69, 9.17) is 10.5 Å². The second-order valence-corrected chi connectivity index (χ2v) is 4.98. The molecule has 15 heavy (non-hydrogen) atoms. The van der Waals surface area contributed by atoms with Gasteiger partial charge >= 0.3 is 0 Å². The molecule has 0 aromatic heterocycles. The quantitative estimate of drug-likeness (QED) is 0.912. The van der Waals surface area contributed by atoms with E-state index in [9.17, 15) is 0 Å². The minimum atomic E-state index is 0.527. The SMILES string of the molecule is NCc1cc(Br)ccc1OCC1CCC1. The normalized spacial score (nSPS) is 16.1. The average molecular weight is 270 g/mol. The van der Waals surface area contributed by atoms with E-state index in [0.29, 0.717) is 6.54 Å². The van der Waals surface area contributed by atoms with Crippen molar-refractivity contribution in [3.63, 3.8) is 0 Å². The number of hydrogen-bond donors (Lipinski definition) is 1. The molecule has 1 aromatic rings. The fourth-order valence-electron chi connectivity index (χ4n) is 1.72. The molecule has 3 heteroatoms. The maximum Gasteiger partial charge on any atom is 0.123 e. The lowest BCUT2D eigenvalue weighted by Crippen LogP contribution is -2.19. The highest BCUT2D eigenvalue weighted by molar-refractivity contribution is 9.10. The minimum Gasteiger partial charge on any atom is -0.493 e. The van der Waals surface area contributed by atoms with Gasteiger partial charge in [-0.05, 0) is 37.0 Å². The van der Waals surface area contributed by atoms with E-state index >= 15 is 0 Å². The highest BCUT2D eigenvalue weighted by Gasteiger charge is 2.18. The van der Waals surface area contributed by atoms with Crippen LogP contribution in [0.1, 0.15) is 24.8 Å². The first-order chi connectivity index (χ1) is 7.29. The van der Waals surface area contributed by atoms with Crippen molar-refractivity contribution >= 4 is 15.9 Å². The van der Waals surface area contributed by atoms with E-state index in [1.165, 1.54) is 19.3 Å². The highest BCUT2D eigenvalue weighted by Crippen LogP contribution is 2.29. The van der Waals surface area contributed by atoms with E-state index in [1.807, 2.05) is 18.2 Å². The standard InChI is InChI=1S/C12H16BrNO/c13-11-4-5-12(10(6-11)7-14)15-8-9-2-1-3-9/h4-6,9H,1-3,7-8,14H2. The van der Waals surface area contributed by atoms with Crippen molar-refractivity contribution in [2.24, 2.45) is 11.7 Å². The van der Waals surface area contributed by atoms with Gasteiger partial charge in [0.1, 0.15) is 5.75 Å². The zero-order valence-electron chi connectivity index (χ0n) is 8.71. The van der Waals surface area contributed by atoms with Crippen molar-refractivity contribution in [2.75, 3.05) is 6.61 Å². The molecule has 0 amide bonds. The zero-order valence-corrected chi connectivity index (χ0v) is 10.3. The van der Waals surface area contributed by atoms with Crippen molar-refractivity contribution in [1.82, 2.24) is 0 Å². The van der Waals surface area contributed by atoms with Crippen LogP contribution in [0.2, 0.25) is 0 Å². The lowest BCUT2D eigenvalue weighted by molar-refractivity contribution is 0.179. The lowest BCUT2D eigenvalue weighted by Gasteiger charge is -2.25. The van der Waals surface area contributed by atoms with E-state index in [2.05, 4.69) is 15.9 Å². The van der Waals surface area contributed by atoms with Gasteiger partial charge < -0.3 is 10.5 Å². The van der Waals surface area contributed by atoms with Crippen LogP contribution in [-0.2, 0) is 6.54 Å². The number of hydrogen-bond acceptors (Lipinski definition) is 2. The third-order valence-electron chi connectivity index (χ3n) is 2.94. The summed E-state index contributed by atoms with van der Waals surface area (Å²) in [5, 5.41) is 0. The molecule has 2 nitrogen and oxygen atoms in total. The van der Waals surface area contributed by atoms with Gasteiger partial charge in [0.25, 0.3) is 0 Å². The first-order valence-electron chi connectivity index (χ1n) is 5.41. The van der Waals surface area contributed by atoms with Gasteiger partial charge in [0.05, 0.1) is 6.61 Å². The van der Waals surface area contributed by atoms with Crippen LogP contribution in [0.15, 0.2) is 22.7 Å². The summed E-state index contributed by atoms with van der Waals surface area (Å²) in [6.07, 6.45) is 3.99. The van der Waals surface area contributed by atoms with Crippen LogP contribution in [0.25, 0.3) is 0 Å². The molecular formula is C12H16BrNO. The molecule has 82 valence electrons. The Kier molecular flexibility index (Phi) is 3.65. The molecule has 1 aliphatic rings. The molecule has 0 spiro atoms. The Morgan fingerprint density at radius 2 is 2.20 bits per heavy atom. The Balaban J connectivity index is 1.99. The van der Waals surface area contributed by atoms with Gasteiger partial charge in [0.2, 0.25) is 0 Å². The highest BCUT2D eigenvalue weighted by atomic mass is 79.9. The summed E-state index contributed by atoms with van der Waals surface area (Å²) in [6.45, 7) is 1.37. The van der Waals surface area contributed by atoms with Crippen LogP contribution in [0.5, 0.6) is 5.75 Å². The Bertz CT molecular complexity index is 336. The summed E-state index contributed by atoms with van der Waals surface area (Å²) >= 11 is 3.43. The van der Waals surface area contributed by atoms with Gasteiger partial charge in [-0.3, -0.25) is 0 Å². The zero-order chi connectivity index (χ0) is 10.7. The molecule has 2 rings (SSSR count). The third-order valence-corrected chi connectivity index (χ3v) is 3.43. The van der Waals surface area contributed by atoms with Crippen molar-refractivity contribution in [2.45, 2.75) is 25.8 Å². The first kappa shape index (κ1) is 11.0. The van der Waals surface area contributed by atoms with Gasteiger partial charge in [0.15, 0.2) is 0 Å². The summed E-state index contributed by atoms with van der Waals surface area (Å²) in [6, 6.07) is 6.01. The predicted octanol–water partition coefficient (Wildman–Crippen LogP) is 3.09. The summed E-state index contributed by atoms with van der Waals surface area (Å²) in [4.78, 5) is 0. The fourth-order valence-corrected chi connectivity index (χ4v) is 2.12. The molecule has 0 saturated heterocycles. The Morgan fingerprint density at radius 1 is 1.40 bits per heavy atom. The monoisotopic (exact) mass is 269 g/mol. The van der Waals surface area contributed by atoms with Gasteiger partial charge in [-0.1, -0.05) is 22.4 Å². The van der Waals surface area contributed by atoms with Crippen LogP contribution in [0.3, 0.4) is 0 Å². The molecule has 0 radical (unpaired) electrons. The van der Waals surface area contributed by atoms with Crippen LogP contribution in [0, 0.1) is 5.92 Å². The molecule has 1 aromatic carbocycles. The van der Waals surface area contributed by atoms with Crippen molar-refractivity contribution in [3.05, 3.63) is 28.2 Å². The third kappa shape index (κ3) is 2.73. The fraction of sp³-hybridized carbons (Fsp3) is 0.500. The Labute approximate surface area is 98.9 Å². The molecule has 0 heterocycles. The van der Waals surface area contributed by atoms with E-state index in [1.54, 1.807) is 0 Å². The van der Waals surface area contributed by atoms with Crippen LogP contribution >= 0.6 is 15.9 Å². The molecular weight excluding hydrogens is 254 g/mol. The summed E-state index contributed by atoms with van der Waals surface area (Å²) in [5.74, 6) is 1.70. The van der Waals surface area contributed by atoms with Crippen LogP contribution in [0.4, 0.5) is 0 Å². The summed E-state index contributed by atoms with van der Waals surface area (Å²) in [5.41, 5.74) is 6.74. The minimum absolute atomic E-state index is 0.527. The van der Waals surface area contributed by atoms with Gasteiger partial charge in [-0.25, -0.2) is 0 Å². The average Bonchev–Trinajstić information content (AvgIpc) is 2.17. The molecule has 1 fully saturated rings. The lowest BCUT2D eigenvalue weighted by atomic mass is 9.86. The van der Waals surface area contributed by atoms with Gasteiger partial charge in [-0.15, -0.1) is 0 Å². The first-order valence-corrected chi connectivity index (χ1v) is 6.20. The van der Waals surface area contributed by atoms with Gasteiger partial charge in [0, 0.05) is 16.6 Å². The van der Waals surface area contributed by atoms with Crippen molar-refractivity contribution < 1.29 is 4.74 Å². The topological polar surface area (TPSA) is 35.2 Å². The molecule has 0 atom stereocenters. The van der Waals surface area contributed by atoms with Gasteiger partial charge in [-0.2, -0.15) is 0 Å². The number of nitrogens with two attached hydrogens (primary N) is 1. The number of halogens is 1. The predicted molar refractivity (Wildman–Crippen MR) is 64.9 cm³/mol. The molecule has 2 N–H and O–H groups in total. The molecule has 0 aliphatic heterocycles. The second-order valence-electron chi connectivity index (χ2n) is 4.06. The van der Waals surface area contributed by atoms with E-state index in [0.717, 1.165) is 28.3 Å². The van der Waals surface area contributed by atoms with Crippen LogP contribution < -0.4 is 10.5 Å². The number of ether oxygens (including phenoxy) is 1. The van der Waals surface area contributed by atoms with E-state index < -0.39 is 0 Å².